The topological polar surface area (TPSA) is 106 Å². The van der Waals surface area contributed by atoms with Crippen molar-refractivity contribution in [3.63, 3.8) is 0 Å². The van der Waals surface area contributed by atoms with E-state index in [-0.39, 0.29) is 11.3 Å². The van der Waals surface area contributed by atoms with Gasteiger partial charge in [0.05, 0.1) is 17.1 Å². The second-order valence-electron chi connectivity index (χ2n) is 5.82. The summed E-state index contributed by atoms with van der Waals surface area (Å²) in [4.78, 5) is 23.6. The van der Waals surface area contributed by atoms with Crippen LogP contribution in [0.4, 0.5) is 8.78 Å². The van der Waals surface area contributed by atoms with Gasteiger partial charge in [0.1, 0.15) is 17.7 Å². The number of hydrogen-bond donors (Lipinski definition) is 2. The number of carbonyl (C=O) groups is 2. The SMILES string of the molecule is NC(=O)[C@@H](CCS(=O)(=O)c1ccccc1)NC(=O)Cc1c(F)cccc1F. The molecular formula is C18H18F2N2O4S. The van der Waals surface area contributed by atoms with Crippen LogP contribution in [0.5, 0.6) is 0 Å². The van der Waals surface area contributed by atoms with Crippen LogP contribution in [0.2, 0.25) is 0 Å². The van der Waals surface area contributed by atoms with Crippen molar-refractivity contribution in [2.75, 3.05) is 5.75 Å². The quantitative estimate of drug-likeness (QED) is 0.702. The largest absolute Gasteiger partial charge is 0.368 e. The molecule has 0 radical (unpaired) electrons. The van der Waals surface area contributed by atoms with E-state index in [4.69, 9.17) is 5.73 Å². The average Bonchev–Trinajstić information content (AvgIpc) is 2.62. The van der Waals surface area contributed by atoms with E-state index in [1.807, 2.05) is 0 Å². The van der Waals surface area contributed by atoms with Gasteiger partial charge in [-0.15, -0.1) is 0 Å². The molecule has 2 aromatic rings. The summed E-state index contributed by atoms with van der Waals surface area (Å²) in [6, 6.07) is 9.48. The highest BCUT2D eigenvalue weighted by Gasteiger charge is 2.23. The Balaban J connectivity index is 2.03. The first-order chi connectivity index (χ1) is 12.7. The fraction of sp³-hybridized carbons (Fsp3) is 0.222. The molecule has 0 aliphatic rings. The lowest BCUT2D eigenvalue weighted by atomic mass is 10.1. The van der Waals surface area contributed by atoms with Gasteiger partial charge in [-0.3, -0.25) is 9.59 Å². The number of nitrogens with one attached hydrogen (secondary N) is 1. The minimum atomic E-state index is -3.68. The molecular weight excluding hydrogens is 378 g/mol. The lowest BCUT2D eigenvalue weighted by molar-refractivity contribution is -0.127. The summed E-state index contributed by atoms with van der Waals surface area (Å²) in [5.41, 5.74) is 4.76. The third-order valence-corrected chi connectivity index (χ3v) is 5.62. The first kappa shape index (κ1) is 20.5. The van der Waals surface area contributed by atoms with Crippen molar-refractivity contribution in [3.05, 3.63) is 65.7 Å². The minimum absolute atomic E-state index is 0.0768. The second kappa shape index (κ2) is 8.72. The summed E-state index contributed by atoms with van der Waals surface area (Å²) >= 11 is 0. The molecule has 0 aliphatic heterocycles. The van der Waals surface area contributed by atoms with Gasteiger partial charge in [-0.2, -0.15) is 0 Å². The van der Waals surface area contributed by atoms with E-state index in [9.17, 15) is 26.8 Å². The summed E-state index contributed by atoms with van der Waals surface area (Å²) < 4.78 is 51.7. The molecule has 6 nitrogen and oxygen atoms in total. The predicted octanol–water partition coefficient (Wildman–Crippen LogP) is 1.34. The second-order valence-corrected chi connectivity index (χ2v) is 7.93. The summed E-state index contributed by atoms with van der Waals surface area (Å²) in [5, 5.41) is 2.23. The van der Waals surface area contributed by atoms with Crippen LogP contribution in [0.25, 0.3) is 0 Å². The number of carbonyl (C=O) groups excluding carboxylic acids is 2. The molecule has 0 spiro atoms. The Labute approximate surface area is 155 Å². The van der Waals surface area contributed by atoms with Crippen molar-refractivity contribution in [3.8, 4) is 0 Å². The standard InChI is InChI=1S/C18H18F2N2O4S/c19-14-7-4-8-15(20)13(14)11-17(23)22-16(18(21)24)9-10-27(25,26)12-5-2-1-3-6-12/h1-8,16H,9-11H2,(H2,21,24)(H,22,23)/t16-/m1/s1. The summed E-state index contributed by atoms with van der Waals surface area (Å²) in [7, 11) is -3.68. The van der Waals surface area contributed by atoms with Crippen molar-refractivity contribution in [1.29, 1.82) is 0 Å². The number of hydrogen-bond acceptors (Lipinski definition) is 4. The van der Waals surface area contributed by atoms with Crippen LogP contribution in [0, 0.1) is 11.6 Å². The summed E-state index contributed by atoms with van der Waals surface area (Å²) in [6.45, 7) is 0. The van der Waals surface area contributed by atoms with Crippen LogP contribution >= 0.6 is 0 Å². The first-order valence-electron chi connectivity index (χ1n) is 8.00. The van der Waals surface area contributed by atoms with Gasteiger partial charge in [0.15, 0.2) is 9.84 Å². The third-order valence-electron chi connectivity index (χ3n) is 3.86. The molecule has 27 heavy (non-hydrogen) atoms. The lowest BCUT2D eigenvalue weighted by Crippen LogP contribution is -2.46. The van der Waals surface area contributed by atoms with Gasteiger partial charge in [0.2, 0.25) is 11.8 Å². The zero-order valence-electron chi connectivity index (χ0n) is 14.2. The highest BCUT2D eigenvalue weighted by atomic mass is 32.2. The number of halogens is 2. The maximum Gasteiger partial charge on any atom is 0.240 e. The van der Waals surface area contributed by atoms with E-state index in [1.54, 1.807) is 18.2 Å². The Morgan fingerprint density at radius 2 is 1.59 bits per heavy atom. The molecule has 0 aromatic heterocycles. The maximum absolute atomic E-state index is 13.6. The zero-order chi connectivity index (χ0) is 20.0. The van der Waals surface area contributed by atoms with Crippen molar-refractivity contribution in [2.45, 2.75) is 23.8 Å². The molecule has 0 fully saturated rings. The fourth-order valence-corrected chi connectivity index (χ4v) is 3.76. The average molecular weight is 396 g/mol. The van der Waals surface area contributed by atoms with Crippen molar-refractivity contribution in [2.24, 2.45) is 5.73 Å². The Kier molecular flexibility index (Phi) is 6.62. The number of sulfone groups is 1. The van der Waals surface area contributed by atoms with E-state index < -0.39 is 57.1 Å². The highest BCUT2D eigenvalue weighted by Crippen LogP contribution is 2.14. The molecule has 144 valence electrons. The van der Waals surface area contributed by atoms with Gasteiger partial charge in [-0.1, -0.05) is 24.3 Å². The van der Waals surface area contributed by atoms with E-state index in [1.165, 1.54) is 12.1 Å². The smallest absolute Gasteiger partial charge is 0.240 e. The number of benzene rings is 2. The van der Waals surface area contributed by atoms with Crippen LogP contribution in [0.15, 0.2) is 53.4 Å². The van der Waals surface area contributed by atoms with Gasteiger partial charge >= 0.3 is 0 Å². The van der Waals surface area contributed by atoms with Gasteiger partial charge < -0.3 is 11.1 Å². The first-order valence-corrected chi connectivity index (χ1v) is 9.65. The molecule has 2 amide bonds. The number of amides is 2. The van der Waals surface area contributed by atoms with Crippen LogP contribution in [-0.2, 0) is 25.8 Å². The predicted molar refractivity (Wildman–Crippen MR) is 94.3 cm³/mol. The molecule has 1 atom stereocenters. The van der Waals surface area contributed by atoms with Crippen LogP contribution in [0.1, 0.15) is 12.0 Å². The van der Waals surface area contributed by atoms with Gasteiger partial charge in [0, 0.05) is 5.56 Å². The summed E-state index contributed by atoms with van der Waals surface area (Å²) in [5.74, 6) is -4.01. The lowest BCUT2D eigenvalue weighted by Gasteiger charge is -2.16. The molecule has 0 aliphatic carbocycles. The van der Waals surface area contributed by atoms with Crippen molar-refractivity contribution in [1.82, 2.24) is 5.32 Å². The third kappa shape index (κ3) is 5.58. The molecule has 0 bridgehead atoms. The number of nitrogens with two attached hydrogens (primary N) is 1. The molecule has 0 saturated carbocycles. The van der Waals surface area contributed by atoms with E-state index >= 15 is 0 Å². The minimum Gasteiger partial charge on any atom is -0.368 e. The molecule has 0 saturated heterocycles. The zero-order valence-corrected chi connectivity index (χ0v) is 15.0. The Morgan fingerprint density at radius 3 is 2.15 bits per heavy atom. The normalized spacial score (nSPS) is 12.4. The van der Waals surface area contributed by atoms with Gasteiger partial charge in [-0.05, 0) is 30.7 Å². The molecule has 2 rings (SSSR count). The molecule has 0 unspecified atom stereocenters. The highest BCUT2D eigenvalue weighted by molar-refractivity contribution is 7.91. The molecule has 3 N–H and O–H groups in total. The summed E-state index contributed by atoms with van der Waals surface area (Å²) in [6.07, 6.45) is -0.911. The van der Waals surface area contributed by atoms with Gasteiger partial charge in [-0.25, -0.2) is 17.2 Å². The number of rotatable bonds is 8. The Morgan fingerprint density at radius 1 is 1.00 bits per heavy atom. The number of primary amides is 1. The van der Waals surface area contributed by atoms with Gasteiger partial charge in [0.25, 0.3) is 0 Å². The maximum atomic E-state index is 13.6. The van der Waals surface area contributed by atoms with Crippen LogP contribution in [0.3, 0.4) is 0 Å². The van der Waals surface area contributed by atoms with E-state index in [0.717, 1.165) is 18.2 Å². The van der Waals surface area contributed by atoms with Crippen LogP contribution in [-0.4, -0.2) is 32.0 Å². The monoisotopic (exact) mass is 396 g/mol. The van der Waals surface area contributed by atoms with Crippen molar-refractivity contribution >= 4 is 21.7 Å². The van der Waals surface area contributed by atoms with Crippen molar-refractivity contribution < 1.29 is 26.8 Å². The molecule has 0 heterocycles. The van der Waals surface area contributed by atoms with E-state index in [0.29, 0.717) is 0 Å². The van der Waals surface area contributed by atoms with Crippen LogP contribution < -0.4 is 11.1 Å². The molecule has 9 heteroatoms. The van der Waals surface area contributed by atoms with E-state index in [2.05, 4.69) is 5.32 Å². The Bertz CT molecular complexity index is 913. The molecule has 2 aromatic carbocycles. The fourth-order valence-electron chi connectivity index (χ4n) is 2.41. The Hall–Kier alpha value is -2.81.